The Hall–Kier alpha value is -2.53. The van der Waals surface area contributed by atoms with Gasteiger partial charge in [0, 0.05) is 25.0 Å². The largest absolute Gasteiger partial charge is 0.497 e. The van der Waals surface area contributed by atoms with Crippen LogP contribution in [0.2, 0.25) is 5.02 Å². The molecule has 0 unspecified atom stereocenters. The fourth-order valence-corrected chi connectivity index (χ4v) is 2.79. The van der Waals surface area contributed by atoms with Crippen molar-refractivity contribution in [3.63, 3.8) is 0 Å². The molecule has 2 aromatic rings. The molecule has 6 heteroatoms. The highest BCUT2D eigenvalue weighted by Crippen LogP contribution is 2.12. The monoisotopic (exact) mass is 388 g/mol. The first-order valence-corrected chi connectivity index (χ1v) is 9.25. The zero-order valence-electron chi connectivity index (χ0n) is 15.7. The van der Waals surface area contributed by atoms with Crippen molar-refractivity contribution in [2.45, 2.75) is 19.8 Å². The van der Waals surface area contributed by atoms with Gasteiger partial charge in [-0.3, -0.25) is 9.59 Å². The Balaban J connectivity index is 1.78. The van der Waals surface area contributed by atoms with E-state index in [1.165, 1.54) is 6.92 Å². The number of ether oxygens (including phenoxy) is 1. The minimum Gasteiger partial charge on any atom is -0.497 e. The molecule has 27 heavy (non-hydrogen) atoms. The van der Waals surface area contributed by atoms with Crippen LogP contribution in [0.4, 0.5) is 0 Å². The highest BCUT2D eigenvalue weighted by atomic mass is 35.5. The minimum atomic E-state index is -0.163. The van der Waals surface area contributed by atoms with Gasteiger partial charge in [-0.15, -0.1) is 0 Å². The lowest BCUT2D eigenvalue weighted by Crippen LogP contribution is -2.41. The van der Waals surface area contributed by atoms with Crippen molar-refractivity contribution in [3.05, 3.63) is 64.7 Å². The standard InChI is InChI=1S/C21H25ClN2O3/c1-16(25)24(13-11-17-6-8-19(22)9-7-17)15-21(26)23-12-10-18-4-3-5-20(14-18)27-2/h3-9,14H,10-13,15H2,1-2H3,(H,23,26). The summed E-state index contributed by atoms with van der Waals surface area (Å²) in [6.45, 7) is 2.53. The summed E-state index contributed by atoms with van der Waals surface area (Å²) >= 11 is 5.88. The van der Waals surface area contributed by atoms with Crippen molar-refractivity contribution in [3.8, 4) is 5.75 Å². The average molecular weight is 389 g/mol. The molecule has 0 aliphatic heterocycles. The van der Waals surface area contributed by atoms with Crippen molar-refractivity contribution in [1.82, 2.24) is 10.2 Å². The van der Waals surface area contributed by atoms with Gasteiger partial charge in [0.25, 0.3) is 0 Å². The highest BCUT2D eigenvalue weighted by Gasteiger charge is 2.13. The van der Waals surface area contributed by atoms with E-state index < -0.39 is 0 Å². The summed E-state index contributed by atoms with van der Waals surface area (Å²) in [6.07, 6.45) is 1.38. The van der Waals surface area contributed by atoms with Crippen LogP contribution in [0.25, 0.3) is 0 Å². The second-order valence-electron chi connectivity index (χ2n) is 6.27. The molecule has 0 fully saturated rings. The number of amides is 2. The second kappa shape index (κ2) is 10.6. The molecular formula is C21H25ClN2O3. The molecule has 5 nitrogen and oxygen atoms in total. The Kier molecular flexibility index (Phi) is 8.14. The lowest BCUT2D eigenvalue weighted by atomic mass is 10.1. The number of carbonyl (C=O) groups excluding carboxylic acids is 2. The maximum atomic E-state index is 12.2. The zero-order chi connectivity index (χ0) is 19.6. The van der Waals surface area contributed by atoms with Crippen LogP contribution >= 0.6 is 11.6 Å². The molecule has 0 spiro atoms. The highest BCUT2D eigenvalue weighted by molar-refractivity contribution is 6.30. The first kappa shape index (κ1) is 20.8. The molecule has 2 amide bonds. The van der Waals surface area contributed by atoms with Crippen molar-refractivity contribution < 1.29 is 14.3 Å². The number of nitrogens with one attached hydrogen (secondary N) is 1. The van der Waals surface area contributed by atoms with E-state index in [2.05, 4.69) is 5.32 Å². The van der Waals surface area contributed by atoms with Gasteiger partial charge in [0.15, 0.2) is 0 Å². The third-order valence-corrected chi connectivity index (χ3v) is 4.49. The first-order valence-electron chi connectivity index (χ1n) is 8.87. The number of nitrogens with zero attached hydrogens (tertiary/aromatic N) is 1. The number of halogens is 1. The van der Waals surface area contributed by atoms with Gasteiger partial charge < -0.3 is 15.0 Å². The molecule has 1 N–H and O–H groups in total. The summed E-state index contributed by atoms with van der Waals surface area (Å²) in [5.74, 6) is 0.514. The molecule has 0 aliphatic rings. The van der Waals surface area contributed by atoms with Crippen LogP contribution in [0.1, 0.15) is 18.1 Å². The van der Waals surface area contributed by atoms with E-state index in [1.807, 2.05) is 48.5 Å². The predicted octanol–water partition coefficient (Wildman–Crippen LogP) is 3.10. The van der Waals surface area contributed by atoms with Gasteiger partial charge in [0.2, 0.25) is 11.8 Å². The van der Waals surface area contributed by atoms with E-state index in [4.69, 9.17) is 16.3 Å². The van der Waals surface area contributed by atoms with Gasteiger partial charge in [-0.25, -0.2) is 0 Å². The fourth-order valence-electron chi connectivity index (χ4n) is 2.67. The maximum absolute atomic E-state index is 12.2. The normalized spacial score (nSPS) is 10.3. The Morgan fingerprint density at radius 3 is 2.48 bits per heavy atom. The first-order chi connectivity index (χ1) is 13.0. The van der Waals surface area contributed by atoms with Gasteiger partial charge in [-0.05, 0) is 48.2 Å². The van der Waals surface area contributed by atoms with Crippen molar-refractivity contribution in [2.24, 2.45) is 0 Å². The molecule has 2 aromatic carbocycles. The van der Waals surface area contributed by atoms with Gasteiger partial charge in [0.1, 0.15) is 5.75 Å². The van der Waals surface area contributed by atoms with E-state index in [1.54, 1.807) is 12.0 Å². The van der Waals surface area contributed by atoms with Gasteiger partial charge in [0.05, 0.1) is 13.7 Å². The van der Waals surface area contributed by atoms with E-state index in [-0.39, 0.29) is 18.4 Å². The van der Waals surface area contributed by atoms with E-state index in [0.29, 0.717) is 31.0 Å². The molecule has 0 bridgehead atoms. The Morgan fingerprint density at radius 2 is 1.81 bits per heavy atom. The van der Waals surface area contributed by atoms with Gasteiger partial charge >= 0.3 is 0 Å². The molecule has 0 heterocycles. The Labute approximate surface area is 165 Å². The Bertz CT molecular complexity index is 762. The minimum absolute atomic E-state index is 0.0566. The second-order valence-corrected chi connectivity index (χ2v) is 6.70. The van der Waals surface area contributed by atoms with Crippen molar-refractivity contribution in [1.29, 1.82) is 0 Å². The fraction of sp³-hybridized carbons (Fsp3) is 0.333. The van der Waals surface area contributed by atoms with Crippen LogP contribution in [0.15, 0.2) is 48.5 Å². The number of hydrogen-bond acceptors (Lipinski definition) is 3. The summed E-state index contributed by atoms with van der Waals surface area (Å²) in [5, 5.41) is 3.55. The number of benzene rings is 2. The predicted molar refractivity (Wildman–Crippen MR) is 107 cm³/mol. The van der Waals surface area contributed by atoms with Crippen LogP contribution in [0.5, 0.6) is 5.75 Å². The smallest absolute Gasteiger partial charge is 0.239 e. The van der Waals surface area contributed by atoms with Crippen LogP contribution in [-0.4, -0.2) is 43.5 Å². The SMILES string of the molecule is COc1cccc(CCNC(=O)CN(CCc2ccc(Cl)cc2)C(C)=O)c1. The topological polar surface area (TPSA) is 58.6 Å². The third kappa shape index (κ3) is 7.31. The molecule has 0 atom stereocenters. The van der Waals surface area contributed by atoms with E-state index in [0.717, 1.165) is 16.9 Å². The zero-order valence-corrected chi connectivity index (χ0v) is 16.5. The molecule has 0 saturated carbocycles. The van der Waals surface area contributed by atoms with Crippen LogP contribution < -0.4 is 10.1 Å². The summed E-state index contributed by atoms with van der Waals surface area (Å²) in [5.41, 5.74) is 2.16. The molecule has 0 radical (unpaired) electrons. The number of methoxy groups -OCH3 is 1. The van der Waals surface area contributed by atoms with Gasteiger partial charge in [-0.2, -0.15) is 0 Å². The van der Waals surface area contributed by atoms with Crippen LogP contribution in [0.3, 0.4) is 0 Å². The molecule has 0 aromatic heterocycles. The van der Waals surface area contributed by atoms with Crippen LogP contribution in [0, 0.1) is 0 Å². The molecule has 0 aliphatic carbocycles. The van der Waals surface area contributed by atoms with E-state index in [9.17, 15) is 9.59 Å². The summed E-state index contributed by atoms with van der Waals surface area (Å²) in [4.78, 5) is 25.6. The van der Waals surface area contributed by atoms with Crippen molar-refractivity contribution >= 4 is 23.4 Å². The quantitative estimate of drug-likeness (QED) is 0.718. The molecule has 144 valence electrons. The van der Waals surface area contributed by atoms with Gasteiger partial charge in [-0.1, -0.05) is 35.9 Å². The molecule has 2 rings (SSSR count). The average Bonchev–Trinajstić information content (AvgIpc) is 2.66. The molecular weight excluding hydrogens is 364 g/mol. The summed E-state index contributed by atoms with van der Waals surface area (Å²) in [7, 11) is 1.63. The number of rotatable bonds is 9. The number of carbonyl (C=O) groups is 2. The van der Waals surface area contributed by atoms with E-state index >= 15 is 0 Å². The molecule has 0 saturated heterocycles. The third-order valence-electron chi connectivity index (χ3n) is 4.23. The van der Waals surface area contributed by atoms with Crippen molar-refractivity contribution in [2.75, 3.05) is 26.7 Å². The summed E-state index contributed by atoms with van der Waals surface area (Å²) in [6, 6.07) is 15.2. The van der Waals surface area contributed by atoms with Crippen LogP contribution in [-0.2, 0) is 22.4 Å². The summed E-state index contributed by atoms with van der Waals surface area (Å²) < 4.78 is 5.19. The Morgan fingerprint density at radius 1 is 1.07 bits per heavy atom. The lowest BCUT2D eigenvalue weighted by Gasteiger charge is -2.20. The number of hydrogen-bond donors (Lipinski definition) is 1. The lowest BCUT2D eigenvalue weighted by molar-refractivity contribution is -0.134. The maximum Gasteiger partial charge on any atom is 0.239 e.